The Labute approximate surface area is 130 Å². The molecule has 1 aromatic rings. The lowest BCUT2D eigenvalue weighted by Gasteiger charge is -2.23. The van der Waals surface area contributed by atoms with Gasteiger partial charge in [0.1, 0.15) is 0 Å². The molecule has 0 radical (unpaired) electrons. The van der Waals surface area contributed by atoms with Crippen LogP contribution in [0.1, 0.15) is 44.6 Å². The van der Waals surface area contributed by atoms with Gasteiger partial charge in [-0.1, -0.05) is 41.8 Å². The molecule has 0 spiro atoms. The first kappa shape index (κ1) is 15.2. The summed E-state index contributed by atoms with van der Waals surface area (Å²) in [7, 11) is 0. The van der Waals surface area contributed by atoms with Crippen LogP contribution in [0.5, 0.6) is 0 Å². The van der Waals surface area contributed by atoms with Gasteiger partial charge >= 0.3 is 0 Å². The summed E-state index contributed by atoms with van der Waals surface area (Å²) in [5.41, 5.74) is 2.50. The molecule has 0 amide bonds. The fourth-order valence-electron chi connectivity index (χ4n) is 2.96. The third kappa shape index (κ3) is 4.13. The SMILES string of the molecule is CCCC1CCCN(c2ccc(CCl)c(Br)c2)CC1. The summed E-state index contributed by atoms with van der Waals surface area (Å²) in [4.78, 5) is 2.53. The first-order valence-corrected chi connectivity index (χ1v) is 8.66. The summed E-state index contributed by atoms with van der Waals surface area (Å²) in [5, 5.41) is 0. The Morgan fingerprint density at radius 1 is 1.32 bits per heavy atom. The van der Waals surface area contributed by atoms with Crippen LogP contribution >= 0.6 is 27.5 Å². The van der Waals surface area contributed by atoms with Gasteiger partial charge in [-0.25, -0.2) is 0 Å². The average molecular weight is 345 g/mol. The van der Waals surface area contributed by atoms with E-state index in [4.69, 9.17) is 11.6 Å². The molecule has 1 heterocycles. The van der Waals surface area contributed by atoms with Crippen LogP contribution in [0.15, 0.2) is 22.7 Å². The van der Waals surface area contributed by atoms with E-state index >= 15 is 0 Å². The van der Waals surface area contributed by atoms with Gasteiger partial charge in [-0.3, -0.25) is 0 Å². The van der Waals surface area contributed by atoms with Crippen molar-refractivity contribution in [2.24, 2.45) is 5.92 Å². The van der Waals surface area contributed by atoms with Crippen LogP contribution in [0.2, 0.25) is 0 Å². The van der Waals surface area contributed by atoms with Gasteiger partial charge in [0.2, 0.25) is 0 Å². The summed E-state index contributed by atoms with van der Waals surface area (Å²) in [5.74, 6) is 1.50. The number of alkyl halides is 1. The molecule has 0 aliphatic carbocycles. The van der Waals surface area contributed by atoms with Crippen LogP contribution in [0.4, 0.5) is 5.69 Å². The van der Waals surface area contributed by atoms with E-state index in [2.05, 4.69) is 46.0 Å². The van der Waals surface area contributed by atoms with E-state index < -0.39 is 0 Å². The van der Waals surface area contributed by atoms with E-state index in [1.165, 1.54) is 56.4 Å². The summed E-state index contributed by atoms with van der Waals surface area (Å²) < 4.78 is 1.13. The lowest BCUT2D eigenvalue weighted by Crippen LogP contribution is -2.24. The molecular weight excluding hydrogens is 322 g/mol. The Kier molecular flexibility index (Phi) is 6.03. The van der Waals surface area contributed by atoms with Crippen LogP contribution in [0.3, 0.4) is 0 Å². The maximum atomic E-state index is 5.91. The second-order valence-electron chi connectivity index (χ2n) is 5.48. The molecule has 0 N–H and O–H groups in total. The van der Waals surface area contributed by atoms with Gasteiger partial charge in [-0.2, -0.15) is 0 Å². The highest BCUT2D eigenvalue weighted by Gasteiger charge is 2.17. The molecule has 0 aromatic heterocycles. The Balaban J connectivity index is 2.03. The zero-order chi connectivity index (χ0) is 13.7. The van der Waals surface area contributed by atoms with Crippen molar-refractivity contribution >= 4 is 33.2 Å². The smallest absolute Gasteiger partial charge is 0.0485 e. The van der Waals surface area contributed by atoms with E-state index in [0.29, 0.717) is 5.88 Å². The van der Waals surface area contributed by atoms with Crippen LogP contribution in [-0.2, 0) is 5.88 Å². The Bertz CT molecular complexity index is 408. The molecule has 3 heteroatoms. The minimum Gasteiger partial charge on any atom is -0.371 e. The number of hydrogen-bond acceptors (Lipinski definition) is 1. The summed E-state index contributed by atoms with van der Waals surface area (Å²) in [6.45, 7) is 4.68. The molecule has 1 aliphatic rings. The quantitative estimate of drug-likeness (QED) is 0.643. The maximum Gasteiger partial charge on any atom is 0.0485 e. The Morgan fingerprint density at radius 2 is 2.16 bits per heavy atom. The molecule has 1 unspecified atom stereocenters. The standard InChI is InChI=1S/C16H23BrClN/c1-2-4-13-5-3-9-19(10-8-13)15-7-6-14(12-18)16(17)11-15/h6-7,11,13H,2-5,8-10,12H2,1H3. The number of hydrogen-bond donors (Lipinski definition) is 0. The first-order chi connectivity index (χ1) is 9.24. The predicted molar refractivity (Wildman–Crippen MR) is 88.2 cm³/mol. The van der Waals surface area contributed by atoms with Crippen LogP contribution in [0, 0.1) is 5.92 Å². The van der Waals surface area contributed by atoms with E-state index in [9.17, 15) is 0 Å². The minimum absolute atomic E-state index is 0.569. The van der Waals surface area contributed by atoms with Gasteiger partial charge in [0.05, 0.1) is 0 Å². The van der Waals surface area contributed by atoms with Crippen LogP contribution in [0.25, 0.3) is 0 Å². The van der Waals surface area contributed by atoms with Gasteiger partial charge in [0, 0.05) is 29.1 Å². The third-order valence-electron chi connectivity index (χ3n) is 4.09. The van der Waals surface area contributed by atoms with Crippen LogP contribution < -0.4 is 4.90 Å². The molecule has 106 valence electrons. The molecule has 1 nitrogen and oxygen atoms in total. The normalized spacial score (nSPS) is 20.4. The molecule has 2 rings (SSSR count). The summed E-state index contributed by atoms with van der Waals surface area (Å²) >= 11 is 9.53. The summed E-state index contributed by atoms with van der Waals surface area (Å²) in [6, 6.07) is 6.57. The van der Waals surface area contributed by atoms with Gasteiger partial charge in [-0.05, 0) is 42.9 Å². The highest BCUT2D eigenvalue weighted by Crippen LogP contribution is 2.29. The molecule has 1 atom stereocenters. The van der Waals surface area contributed by atoms with E-state index in [1.807, 2.05) is 0 Å². The molecule has 0 saturated carbocycles. The van der Waals surface area contributed by atoms with E-state index in [0.717, 1.165) is 10.4 Å². The zero-order valence-electron chi connectivity index (χ0n) is 11.7. The number of nitrogens with zero attached hydrogens (tertiary/aromatic N) is 1. The summed E-state index contributed by atoms with van der Waals surface area (Å²) in [6.07, 6.45) is 6.76. The van der Waals surface area contributed by atoms with E-state index in [-0.39, 0.29) is 0 Å². The van der Waals surface area contributed by atoms with Crippen molar-refractivity contribution in [2.75, 3.05) is 18.0 Å². The van der Waals surface area contributed by atoms with Gasteiger partial charge in [0.25, 0.3) is 0 Å². The fraction of sp³-hybridized carbons (Fsp3) is 0.625. The van der Waals surface area contributed by atoms with Gasteiger partial charge < -0.3 is 4.90 Å². The predicted octanol–water partition coefficient (Wildman–Crippen LogP) is 5.59. The van der Waals surface area contributed by atoms with Crippen molar-refractivity contribution in [2.45, 2.75) is 44.9 Å². The zero-order valence-corrected chi connectivity index (χ0v) is 14.0. The monoisotopic (exact) mass is 343 g/mol. The van der Waals surface area contributed by atoms with E-state index in [1.54, 1.807) is 0 Å². The molecule has 1 saturated heterocycles. The van der Waals surface area contributed by atoms with Crippen molar-refractivity contribution in [1.82, 2.24) is 0 Å². The Morgan fingerprint density at radius 3 is 2.84 bits per heavy atom. The number of benzene rings is 1. The van der Waals surface area contributed by atoms with Crippen molar-refractivity contribution < 1.29 is 0 Å². The highest BCUT2D eigenvalue weighted by molar-refractivity contribution is 9.10. The lowest BCUT2D eigenvalue weighted by molar-refractivity contribution is 0.435. The molecular formula is C16H23BrClN. The van der Waals surface area contributed by atoms with Gasteiger partial charge in [0.15, 0.2) is 0 Å². The number of rotatable bonds is 4. The number of halogens is 2. The molecule has 1 aromatic carbocycles. The topological polar surface area (TPSA) is 3.24 Å². The molecule has 1 fully saturated rings. The highest BCUT2D eigenvalue weighted by atomic mass is 79.9. The maximum absolute atomic E-state index is 5.91. The fourth-order valence-corrected chi connectivity index (χ4v) is 3.86. The lowest BCUT2D eigenvalue weighted by atomic mass is 9.96. The van der Waals surface area contributed by atoms with Crippen molar-refractivity contribution in [3.8, 4) is 0 Å². The largest absolute Gasteiger partial charge is 0.371 e. The van der Waals surface area contributed by atoms with Gasteiger partial charge in [-0.15, -0.1) is 11.6 Å². The van der Waals surface area contributed by atoms with Crippen molar-refractivity contribution in [1.29, 1.82) is 0 Å². The minimum atomic E-state index is 0.569. The molecule has 1 aliphatic heterocycles. The molecule has 19 heavy (non-hydrogen) atoms. The average Bonchev–Trinajstić information content (AvgIpc) is 2.65. The third-order valence-corrected chi connectivity index (χ3v) is 5.12. The first-order valence-electron chi connectivity index (χ1n) is 7.34. The Hall–Kier alpha value is -0.210. The second-order valence-corrected chi connectivity index (χ2v) is 6.60. The van der Waals surface area contributed by atoms with Crippen LogP contribution in [-0.4, -0.2) is 13.1 Å². The van der Waals surface area contributed by atoms with Crippen molar-refractivity contribution in [3.05, 3.63) is 28.2 Å². The molecule has 0 bridgehead atoms. The number of anilines is 1. The van der Waals surface area contributed by atoms with Crippen molar-refractivity contribution in [3.63, 3.8) is 0 Å². The second kappa shape index (κ2) is 7.54.